The molecule has 0 saturated carbocycles. The molecule has 0 aromatic carbocycles. The molecule has 0 aliphatic carbocycles. The van der Waals surface area contributed by atoms with Gasteiger partial charge in [0.2, 0.25) is 0 Å². The third kappa shape index (κ3) is 9.52. The van der Waals surface area contributed by atoms with Crippen LogP contribution in [0, 0.1) is 16.7 Å². The zero-order valence-electron chi connectivity index (χ0n) is 22.7. The van der Waals surface area contributed by atoms with Crippen molar-refractivity contribution in [1.82, 2.24) is 0 Å². The molecule has 8 heteroatoms. The molecule has 0 fully saturated rings. The Balaban J connectivity index is 5.36. The normalized spacial score (nSPS) is 16.4. The van der Waals surface area contributed by atoms with Gasteiger partial charge in [0.15, 0.2) is 16.2 Å². The van der Waals surface area contributed by atoms with Gasteiger partial charge in [0.05, 0.1) is 33.1 Å². The molecule has 0 saturated heterocycles. The fourth-order valence-corrected chi connectivity index (χ4v) is 19.1. The molecule has 184 valence electrons. The Morgan fingerprint density at radius 2 is 1.42 bits per heavy atom. The van der Waals surface area contributed by atoms with Crippen LogP contribution < -0.4 is 0 Å². The lowest BCUT2D eigenvalue weighted by atomic mass is 9.75. The first kappa shape index (κ1) is 30.6. The van der Waals surface area contributed by atoms with Gasteiger partial charge >= 0.3 is 11.9 Å². The zero-order chi connectivity index (χ0) is 24.9. The number of carbonyl (C=O) groups excluding carboxylic acids is 2. The predicted octanol–water partition coefficient (Wildman–Crippen LogP) is 6.40. The first-order valence-electron chi connectivity index (χ1n) is 11.6. The van der Waals surface area contributed by atoms with Crippen molar-refractivity contribution in [3.8, 4) is 0 Å². The second-order valence-corrected chi connectivity index (χ2v) is 32.7. The van der Waals surface area contributed by atoms with Gasteiger partial charge < -0.3 is 13.6 Å². The van der Waals surface area contributed by atoms with E-state index in [1.54, 1.807) is 0 Å². The summed E-state index contributed by atoms with van der Waals surface area (Å²) in [7, 11) is -2.04. The summed E-state index contributed by atoms with van der Waals surface area (Å²) in [5, 5.41) is 0. The van der Waals surface area contributed by atoms with E-state index in [2.05, 4.69) is 59.7 Å². The van der Waals surface area contributed by atoms with Crippen molar-refractivity contribution in [3.63, 3.8) is 0 Å². The fourth-order valence-electron chi connectivity index (χ4n) is 4.32. The molecule has 0 aliphatic rings. The van der Waals surface area contributed by atoms with Crippen LogP contribution >= 0.6 is 0 Å². The maximum absolute atomic E-state index is 12.5. The highest BCUT2D eigenvalue weighted by molar-refractivity contribution is 7.38. The van der Waals surface area contributed by atoms with E-state index in [0.717, 1.165) is 12.5 Å². The number of rotatable bonds is 13. The van der Waals surface area contributed by atoms with Crippen LogP contribution in [-0.2, 0) is 23.2 Å². The lowest BCUT2D eigenvalue weighted by Gasteiger charge is -2.44. The summed E-state index contributed by atoms with van der Waals surface area (Å²) in [4.78, 5) is 24.9. The van der Waals surface area contributed by atoms with Gasteiger partial charge in [-0.2, -0.15) is 0 Å². The molecular weight excluding hydrogens is 441 g/mol. The first-order valence-corrected chi connectivity index (χ1v) is 22.1. The number of esters is 2. The minimum absolute atomic E-state index is 0.0554. The van der Waals surface area contributed by atoms with Crippen LogP contribution in [-0.4, -0.2) is 49.9 Å². The average molecular weight is 491 g/mol. The molecule has 0 N–H and O–H groups in total. The van der Waals surface area contributed by atoms with Crippen LogP contribution in [0.4, 0.5) is 0 Å². The van der Waals surface area contributed by atoms with Gasteiger partial charge in [-0.25, -0.2) is 0 Å². The Labute approximate surface area is 195 Å². The van der Waals surface area contributed by atoms with Crippen LogP contribution in [0.15, 0.2) is 0 Å². The monoisotopic (exact) mass is 490 g/mol. The quantitative estimate of drug-likeness (QED) is 0.221. The zero-order valence-corrected chi connectivity index (χ0v) is 25.7. The van der Waals surface area contributed by atoms with Crippen molar-refractivity contribution in [1.29, 1.82) is 0 Å². The van der Waals surface area contributed by atoms with Crippen molar-refractivity contribution >= 4 is 35.7 Å². The Bertz CT molecular complexity index is 611. The lowest BCUT2D eigenvalue weighted by Crippen LogP contribution is -2.60. The second kappa shape index (κ2) is 11.1. The van der Waals surface area contributed by atoms with Gasteiger partial charge in [-0.15, -0.1) is 0 Å². The number of methoxy groups -OCH3 is 2. The topological polar surface area (TPSA) is 61.8 Å². The predicted molar refractivity (Wildman–Crippen MR) is 138 cm³/mol. The van der Waals surface area contributed by atoms with Gasteiger partial charge in [-0.05, 0) is 70.3 Å². The second-order valence-electron chi connectivity index (χ2n) is 12.3. The van der Waals surface area contributed by atoms with Crippen molar-refractivity contribution in [2.75, 3.05) is 14.2 Å². The van der Waals surface area contributed by atoms with Crippen LogP contribution in [0.5, 0.6) is 0 Å². The summed E-state index contributed by atoms with van der Waals surface area (Å²) < 4.78 is 17.0. The van der Waals surface area contributed by atoms with E-state index in [4.69, 9.17) is 13.6 Å². The third-order valence-corrected chi connectivity index (χ3v) is 28.5. The largest absolute Gasteiger partial charge is 0.469 e. The lowest BCUT2D eigenvalue weighted by molar-refractivity contribution is -0.156. The van der Waals surface area contributed by atoms with Crippen LogP contribution in [0.3, 0.4) is 0 Å². The smallest absolute Gasteiger partial charge is 0.311 e. The van der Waals surface area contributed by atoms with E-state index in [-0.39, 0.29) is 23.3 Å². The average Bonchev–Trinajstić information content (AvgIpc) is 2.60. The van der Waals surface area contributed by atoms with Gasteiger partial charge in [-0.1, -0.05) is 40.4 Å². The molecule has 0 aromatic rings. The molecule has 0 heterocycles. The van der Waals surface area contributed by atoms with Crippen molar-refractivity contribution in [2.24, 2.45) is 16.7 Å². The Hall–Kier alpha value is -0.449. The number of hydrogen-bond acceptors (Lipinski definition) is 5. The Morgan fingerprint density at radius 1 is 0.903 bits per heavy atom. The molecular formula is C23H50O5Si3. The van der Waals surface area contributed by atoms with Gasteiger partial charge in [-0.3, -0.25) is 9.59 Å². The van der Waals surface area contributed by atoms with Gasteiger partial charge in [0.1, 0.15) is 0 Å². The third-order valence-electron chi connectivity index (χ3n) is 7.10. The SMILES string of the molecule is CCC(C)(CC(CCC(C)(C)C[Si](C)(C)O[Si](C)(C)[Si](C)(C)C)C(=O)OC)C(=O)OC. The molecule has 2 atom stereocenters. The molecule has 2 unspecified atom stereocenters. The molecule has 0 rings (SSSR count). The molecule has 5 nitrogen and oxygen atoms in total. The number of ether oxygens (including phenoxy) is 2. The Kier molecular flexibility index (Phi) is 11.0. The summed E-state index contributed by atoms with van der Waals surface area (Å²) in [5.41, 5.74) is -0.623. The van der Waals surface area contributed by atoms with E-state index < -0.39 is 29.2 Å². The van der Waals surface area contributed by atoms with E-state index in [1.807, 2.05) is 13.8 Å². The summed E-state index contributed by atoms with van der Waals surface area (Å²) in [6, 6.07) is 1.05. The fraction of sp³-hybridized carbons (Fsp3) is 0.913. The molecule has 31 heavy (non-hydrogen) atoms. The summed E-state index contributed by atoms with van der Waals surface area (Å²) in [6.45, 7) is 25.1. The molecule has 0 spiro atoms. The van der Waals surface area contributed by atoms with Crippen LogP contribution in [0.1, 0.15) is 53.4 Å². The highest BCUT2D eigenvalue weighted by Crippen LogP contribution is 2.40. The first-order chi connectivity index (χ1) is 13.8. The maximum atomic E-state index is 12.5. The van der Waals surface area contributed by atoms with E-state index in [9.17, 15) is 9.59 Å². The Morgan fingerprint density at radius 3 is 1.81 bits per heavy atom. The number of carbonyl (C=O) groups is 2. The van der Waals surface area contributed by atoms with Gasteiger partial charge in [0, 0.05) is 0 Å². The highest BCUT2D eigenvalue weighted by atomic mass is 29.3. The van der Waals surface area contributed by atoms with Crippen molar-refractivity contribution in [3.05, 3.63) is 0 Å². The maximum Gasteiger partial charge on any atom is 0.311 e. The highest BCUT2D eigenvalue weighted by Gasteiger charge is 2.45. The molecule has 0 aromatic heterocycles. The standard InChI is InChI=1S/C23H50O5Si3/c1-14-23(4,21(25)27-6)17-19(20(24)26-5)15-16-22(2,3)18-30(10,11)28-31(12,13)29(7,8)9/h19H,14-18H2,1-13H3. The van der Waals surface area contributed by atoms with Gasteiger partial charge in [0.25, 0.3) is 0 Å². The summed E-state index contributed by atoms with van der Waals surface area (Å²) >= 11 is 0. The summed E-state index contributed by atoms with van der Waals surface area (Å²) in [6.07, 6.45) is 2.67. The molecule has 0 bridgehead atoms. The van der Waals surface area contributed by atoms with Crippen molar-refractivity contribution in [2.45, 2.75) is 105 Å². The molecule has 0 radical (unpaired) electrons. The van der Waals surface area contributed by atoms with E-state index in [0.29, 0.717) is 19.3 Å². The number of hydrogen-bond donors (Lipinski definition) is 0. The van der Waals surface area contributed by atoms with Crippen molar-refractivity contribution < 1.29 is 23.2 Å². The molecule has 0 amide bonds. The summed E-state index contributed by atoms with van der Waals surface area (Å²) in [5.74, 6) is -0.810. The van der Waals surface area contributed by atoms with Crippen LogP contribution in [0.25, 0.3) is 0 Å². The molecule has 0 aliphatic heterocycles. The van der Waals surface area contributed by atoms with Crippen LogP contribution in [0.2, 0.25) is 51.9 Å². The minimum atomic E-state index is -1.86. The van der Waals surface area contributed by atoms with E-state index in [1.165, 1.54) is 14.2 Å². The van der Waals surface area contributed by atoms with E-state index >= 15 is 0 Å². The minimum Gasteiger partial charge on any atom is -0.469 e.